The van der Waals surface area contributed by atoms with Gasteiger partial charge in [0.15, 0.2) is 0 Å². The fourth-order valence-electron chi connectivity index (χ4n) is 3.44. The van der Waals surface area contributed by atoms with E-state index < -0.39 is 0 Å². The van der Waals surface area contributed by atoms with E-state index in [0.29, 0.717) is 0 Å². The Morgan fingerprint density at radius 1 is 1.33 bits per heavy atom. The highest BCUT2D eigenvalue weighted by Crippen LogP contribution is 2.34. The second-order valence-electron chi connectivity index (χ2n) is 5.97. The molecule has 0 bridgehead atoms. The average molecular weight is 292 g/mol. The number of methoxy groups -OCH3 is 1. The molecule has 0 spiro atoms. The lowest BCUT2D eigenvalue weighted by atomic mass is 9.96. The van der Waals surface area contributed by atoms with Crippen LogP contribution in [0.15, 0.2) is 24.3 Å². The molecule has 3 unspecified atom stereocenters. The van der Waals surface area contributed by atoms with E-state index in [1.54, 1.807) is 7.11 Å². The zero-order chi connectivity index (χ0) is 15.2. The van der Waals surface area contributed by atoms with Crippen molar-refractivity contribution in [2.45, 2.75) is 50.7 Å². The fraction of sp³-hybridized carbons (Fsp3) is 0.647. The number of hydrogen-bond donors (Lipinski definition) is 2. The van der Waals surface area contributed by atoms with Crippen LogP contribution in [0.4, 0.5) is 0 Å². The molecule has 21 heavy (non-hydrogen) atoms. The molecule has 2 rings (SSSR count). The molecule has 0 saturated carbocycles. The summed E-state index contributed by atoms with van der Waals surface area (Å²) in [7, 11) is 1.70. The first-order valence-electron chi connectivity index (χ1n) is 7.94. The molecule has 1 saturated heterocycles. The summed E-state index contributed by atoms with van der Waals surface area (Å²) >= 11 is 0. The van der Waals surface area contributed by atoms with Gasteiger partial charge in [0.2, 0.25) is 0 Å². The van der Waals surface area contributed by atoms with Gasteiger partial charge in [0.1, 0.15) is 5.75 Å². The number of likely N-dealkylation sites (tertiary alicyclic amines) is 1. The molecular weight excluding hydrogens is 264 g/mol. The molecule has 4 heteroatoms. The predicted octanol–water partition coefficient (Wildman–Crippen LogP) is 2.32. The molecule has 1 aliphatic heterocycles. The van der Waals surface area contributed by atoms with Crippen molar-refractivity contribution in [1.29, 1.82) is 0 Å². The number of hydrogen-bond acceptors (Lipinski definition) is 4. The number of rotatable bonds is 5. The highest BCUT2D eigenvalue weighted by molar-refractivity contribution is 5.37. The van der Waals surface area contributed by atoms with Gasteiger partial charge in [0, 0.05) is 17.6 Å². The SMILES string of the molecule is COc1ccccc1C(C(C)N)N1CCCCCC1CO. The standard InChI is InChI=1S/C17H28N2O2/c1-13(18)17(15-9-5-6-10-16(15)21-2)19-11-7-3-4-8-14(19)12-20/h5-6,9-10,13-14,17,20H,3-4,7-8,11-12,18H2,1-2H3. The van der Waals surface area contributed by atoms with E-state index in [0.717, 1.165) is 30.7 Å². The van der Waals surface area contributed by atoms with Gasteiger partial charge in [-0.1, -0.05) is 31.0 Å². The molecule has 4 nitrogen and oxygen atoms in total. The molecule has 1 heterocycles. The highest BCUT2D eigenvalue weighted by Gasteiger charge is 2.32. The molecule has 0 radical (unpaired) electrons. The molecule has 3 atom stereocenters. The molecule has 1 fully saturated rings. The van der Waals surface area contributed by atoms with E-state index in [1.807, 2.05) is 25.1 Å². The molecule has 0 aliphatic carbocycles. The lowest BCUT2D eigenvalue weighted by Gasteiger charge is -2.39. The zero-order valence-electron chi connectivity index (χ0n) is 13.2. The normalized spacial score (nSPS) is 23.3. The first-order valence-corrected chi connectivity index (χ1v) is 7.94. The second-order valence-corrected chi connectivity index (χ2v) is 5.97. The summed E-state index contributed by atoms with van der Waals surface area (Å²) in [6.07, 6.45) is 4.60. The van der Waals surface area contributed by atoms with Crippen molar-refractivity contribution < 1.29 is 9.84 Å². The predicted molar refractivity (Wildman–Crippen MR) is 85.4 cm³/mol. The Balaban J connectivity index is 2.36. The van der Waals surface area contributed by atoms with Gasteiger partial charge >= 0.3 is 0 Å². The van der Waals surface area contributed by atoms with Crippen LogP contribution < -0.4 is 10.5 Å². The molecule has 118 valence electrons. The summed E-state index contributed by atoms with van der Waals surface area (Å²) in [6, 6.07) is 8.33. The third kappa shape index (κ3) is 3.76. The van der Waals surface area contributed by atoms with E-state index in [2.05, 4.69) is 11.0 Å². The van der Waals surface area contributed by atoms with E-state index in [9.17, 15) is 5.11 Å². The molecule has 1 aromatic rings. The first kappa shape index (κ1) is 16.3. The van der Waals surface area contributed by atoms with Gasteiger partial charge in [-0.25, -0.2) is 0 Å². The average Bonchev–Trinajstić information content (AvgIpc) is 2.73. The van der Waals surface area contributed by atoms with Gasteiger partial charge in [-0.3, -0.25) is 4.90 Å². The van der Waals surface area contributed by atoms with Gasteiger partial charge in [-0.05, 0) is 32.4 Å². The van der Waals surface area contributed by atoms with E-state index >= 15 is 0 Å². The molecular formula is C17H28N2O2. The maximum Gasteiger partial charge on any atom is 0.123 e. The van der Waals surface area contributed by atoms with Crippen LogP contribution in [0.25, 0.3) is 0 Å². The van der Waals surface area contributed by atoms with Crippen molar-refractivity contribution in [1.82, 2.24) is 4.90 Å². The first-order chi connectivity index (χ1) is 10.2. The number of benzene rings is 1. The van der Waals surface area contributed by atoms with Gasteiger partial charge in [0.05, 0.1) is 19.8 Å². The van der Waals surface area contributed by atoms with Crippen LogP contribution in [-0.2, 0) is 0 Å². The Morgan fingerprint density at radius 3 is 2.76 bits per heavy atom. The van der Waals surface area contributed by atoms with Crippen molar-refractivity contribution in [2.24, 2.45) is 5.73 Å². The minimum Gasteiger partial charge on any atom is -0.496 e. The molecule has 1 aliphatic rings. The minimum atomic E-state index is -0.0200. The van der Waals surface area contributed by atoms with Crippen molar-refractivity contribution in [3.63, 3.8) is 0 Å². The Bertz CT molecular complexity index is 437. The fourth-order valence-corrected chi connectivity index (χ4v) is 3.44. The number of aliphatic hydroxyl groups is 1. The number of aliphatic hydroxyl groups excluding tert-OH is 1. The molecule has 0 aromatic heterocycles. The summed E-state index contributed by atoms with van der Waals surface area (Å²) in [5.74, 6) is 0.876. The van der Waals surface area contributed by atoms with Gasteiger partial charge in [0.25, 0.3) is 0 Å². The number of para-hydroxylation sites is 1. The lowest BCUT2D eigenvalue weighted by Crippen LogP contribution is -2.46. The van der Waals surface area contributed by atoms with Crippen LogP contribution in [0.3, 0.4) is 0 Å². The van der Waals surface area contributed by atoms with Gasteiger partial charge in [-0.2, -0.15) is 0 Å². The summed E-state index contributed by atoms with van der Waals surface area (Å²) in [4.78, 5) is 2.38. The Hall–Kier alpha value is -1.10. The van der Waals surface area contributed by atoms with Crippen LogP contribution in [0.5, 0.6) is 5.75 Å². The number of ether oxygens (including phenoxy) is 1. The van der Waals surface area contributed by atoms with E-state index in [-0.39, 0.29) is 24.7 Å². The van der Waals surface area contributed by atoms with Crippen LogP contribution in [-0.4, -0.2) is 42.4 Å². The van der Waals surface area contributed by atoms with Crippen molar-refractivity contribution in [3.05, 3.63) is 29.8 Å². The minimum absolute atomic E-state index is 0.0200. The molecule has 1 aromatic carbocycles. The summed E-state index contributed by atoms with van der Waals surface area (Å²) in [6.45, 7) is 3.21. The smallest absolute Gasteiger partial charge is 0.123 e. The van der Waals surface area contributed by atoms with Crippen molar-refractivity contribution >= 4 is 0 Å². The molecule has 3 N–H and O–H groups in total. The Labute approximate surface area is 127 Å². The van der Waals surface area contributed by atoms with Gasteiger partial charge in [-0.15, -0.1) is 0 Å². The number of nitrogens with zero attached hydrogens (tertiary/aromatic N) is 1. The maximum atomic E-state index is 9.78. The topological polar surface area (TPSA) is 58.7 Å². The van der Waals surface area contributed by atoms with Crippen LogP contribution in [0.2, 0.25) is 0 Å². The third-order valence-corrected chi connectivity index (χ3v) is 4.45. The van der Waals surface area contributed by atoms with E-state index in [1.165, 1.54) is 12.8 Å². The highest BCUT2D eigenvalue weighted by atomic mass is 16.5. The van der Waals surface area contributed by atoms with Crippen molar-refractivity contribution in [3.8, 4) is 5.75 Å². The number of nitrogens with two attached hydrogens (primary N) is 1. The monoisotopic (exact) mass is 292 g/mol. The van der Waals surface area contributed by atoms with Crippen LogP contribution >= 0.6 is 0 Å². The summed E-state index contributed by atoms with van der Waals surface area (Å²) in [5.41, 5.74) is 7.43. The second kappa shape index (κ2) is 7.78. The quantitative estimate of drug-likeness (QED) is 0.874. The lowest BCUT2D eigenvalue weighted by molar-refractivity contribution is 0.0735. The summed E-state index contributed by atoms with van der Waals surface area (Å²) in [5, 5.41) is 9.78. The van der Waals surface area contributed by atoms with Gasteiger partial charge < -0.3 is 15.6 Å². The zero-order valence-corrected chi connectivity index (χ0v) is 13.2. The van der Waals surface area contributed by atoms with Crippen molar-refractivity contribution in [2.75, 3.05) is 20.3 Å². The van der Waals surface area contributed by atoms with Crippen LogP contribution in [0, 0.1) is 0 Å². The Morgan fingerprint density at radius 2 is 2.10 bits per heavy atom. The summed E-state index contributed by atoms with van der Waals surface area (Å²) < 4.78 is 5.52. The van der Waals surface area contributed by atoms with Crippen LogP contribution in [0.1, 0.15) is 44.2 Å². The largest absolute Gasteiger partial charge is 0.496 e. The third-order valence-electron chi connectivity index (χ3n) is 4.45. The molecule has 0 amide bonds. The maximum absolute atomic E-state index is 9.78. The Kier molecular flexibility index (Phi) is 6.03. The van der Waals surface area contributed by atoms with E-state index in [4.69, 9.17) is 10.5 Å².